The topological polar surface area (TPSA) is 51.2 Å². The fraction of sp³-hybridized carbons (Fsp3) is 0.0769. The molecule has 1 N–H and O–H groups in total. The molecule has 0 saturated carbocycles. The number of nitrogens with zero attached hydrogens (tertiary/aromatic N) is 1. The molecule has 2 aromatic rings. The Morgan fingerprint density at radius 3 is 2.89 bits per heavy atom. The van der Waals surface area contributed by atoms with Crippen molar-refractivity contribution in [3.05, 3.63) is 50.7 Å². The van der Waals surface area contributed by atoms with E-state index < -0.39 is 0 Å². The van der Waals surface area contributed by atoms with Crippen molar-refractivity contribution in [3.8, 4) is 5.88 Å². The second-order valence-corrected chi connectivity index (χ2v) is 5.21. The van der Waals surface area contributed by atoms with Gasteiger partial charge in [-0.25, -0.2) is 4.98 Å². The quantitative estimate of drug-likeness (QED) is 0.818. The molecule has 1 aromatic heterocycles. The molecule has 0 aliphatic heterocycles. The van der Waals surface area contributed by atoms with Gasteiger partial charge in [-0.3, -0.25) is 4.79 Å². The van der Waals surface area contributed by atoms with E-state index >= 15 is 0 Å². The van der Waals surface area contributed by atoms with Crippen molar-refractivity contribution in [2.45, 2.75) is 0 Å². The van der Waals surface area contributed by atoms with E-state index in [1.54, 1.807) is 36.5 Å². The molecule has 0 bridgehead atoms. The van der Waals surface area contributed by atoms with Crippen molar-refractivity contribution < 1.29 is 9.53 Å². The van der Waals surface area contributed by atoms with Crippen molar-refractivity contribution in [2.24, 2.45) is 0 Å². The number of rotatable bonds is 3. The summed E-state index contributed by atoms with van der Waals surface area (Å²) < 4.78 is 5.97. The molecule has 0 aliphatic carbocycles. The van der Waals surface area contributed by atoms with Crippen LogP contribution in [0.1, 0.15) is 10.4 Å². The Kier molecular flexibility index (Phi) is 4.60. The molecular formula is C13H10ClIN2O2. The Morgan fingerprint density at radius 1 is 1.42 bits per heavy atom. The van der Waals surface area contributed by atoms with Crippen molar-refractivity contribution in [2.75, 3.05) is 12.4 Å². The zero-order chi connectivity index (χ0) is 13.8. The summed E-state index contributed by atoms with van der Waals surface area (Å²) in [6.07, 6.45) is 1.59. The third-order valence-electron chi connectivity index (χ3n) is 2.39. The van der Waals surface area contributed by atoms with E-state index in [0.717, 1.165) is 3.57 Å². The highest BCUT2D eigenvalue weighted by molar-refractivity contribution is 14.1. The first kappa shape index (κ1) is 14.1. The number of benzene rings is 1. The molecule has 1 amide bonds. The highest BCUT2D eigenvalue weighted by Gasteiger charge is 2.11. The Bertz CT molecular complexity index is 619. The van der Waals surface area contributed by atoms with Gasteiger partial charge in [-0.2, -0.15) is 0 Å². The minimum absolute atomic E-state index is 0.260. The van der Waals surface area contributed by atoms with Crippen LogP contribution >= 0.6 is 34.2 Å². The Labute approximate surface area is 129 Å². The van der Waals surface area contributed by atoms with E-state index in [1.807, 2.05) is 0 Å². The number of pyridine rings is 1. The number of anilines is 1. The van der Waals surface area contributed by atoms with Gasteiger partial charge >= 0.3 is 0 Å². The SMILES string of the molecule is COc1ncccc1NC(=O)c1ccc(I)c(Cl)c1. The van der Waals surface area contributed by atoms with Crippen LogP contribution in [0, 0.1) is 3.57 Å². The predicted octanol–water partition coefficient (Wildman–Crippen LogP) is 3.60. The average Bonchev–Trinajstić information content (AvgIpc) is 2.42. The fourth-order valence-corrected chi connectivity index (χ4v) is 2.00. The molecular weight excluding hydrogens is 379 g/mol. The van der Waals surface area contributed by atoms with Crippen molar-refractivity contribution in [1.82, 2.24) is 4.98 Å². The lowest BCUT2D eigenvalue weighted by Crippen LogP contribution is -2.13. The maximum absolute atomic E-state index is 12.1. The third kappa shape index (κ3) is 3.36. The summed E-state index contributed by atoms with van der Waals surface area (Å²) in [7, 11) is 1.50. The largest absolute Gasteiger partial charge is 0.480 e. The number of hydrogen-bond acceptors (Lipinski definition) is 3. The summed E-state index contributed by atoms with van der Waals surface area (Å²) in [6.45, 7) is 0. The zero-order valence-corrected chi connectivity index (χ0v) is 12.9. The van der Waals surface area contributed by atoms with E-state index in [1.165, 1.54) is 7.11 Å². The van der Waals surface area contributed by atoms with Gasteiger partial charge < -0.3 is 10.1 Å². The van der Waals surface area contributed by atoms with Gasteiger partial charge in [-0.05, 0) is 52.9 Å². The third-order valence-corrected chi connectivity index (χ3v) is 3.97. The highest BCUT2D eigenvalue weighted by Crippen LogP contribution is 2.23. The molecule has 0 atom stereocenters. The van der Waals surface area contributed by atoms with Crippen LogP contribution < -0.4 is 10.1 Å². The van der Waals surface area contributed by atoms with Crippen LogP contribution in [-0.2, 0) is 0 Å². The van der Waals surface area contributed by atoms with E-state index in [0.29, 0.717) is 22.2 Å². The first-order valence-electron chi connectivity index (χ1n) is 5.37. The Morgan fingerprint density at radius 2 is 2.21 bits per heavy atom. The smallest absolute Gasteiger partial charge is 0.255 e. The van der Waals surface area contributed by atoms with Gasteiger partial charge in [0.15, 0.2) is 0 Å². The van der Waals surface area contributed by atoms with Crippen LogP contribution in [0.4, 0.5) is 5.69 Å². The molecule has 4 nitrogen and oxygen atoms in total. The normalized spacial score (nSPS) is 10.1. The summed E-state index contributed by atoms with van der Waals surface area (Å²) in [5.74, 6) is 0.108. The van der Waals surface area contributed by atoms with Crippen molar-refractivity contribution >= 4 is 45.8 Å². The monoisotopic (exact) mass is 388 g/mol. The molecule has 6 heteroatoms. The summed E-state index contributed by atoms with van der Waals surface area (Å²) in [6, 6.07) is 8.57. The minimum Gasteiger partial charge on any atom is -0.480 e. The maximum atomic E-state index is 12.1. The van der Waals surface area contributed by atoms with Crippen LogP contribution in [0.15, 0.2) is 36.5 Å². The van der Waals surface area contributed by atoms with Crippen LogP contribution in [0.5, 0.6) is 5.88 Å². The number of carbonyl (C=O) groups is 1. The van der Waals surface area contributed by atoms with Crippen molar-refractivity contribution in [1.29, 1.82) is 0 Å². The van der Waals surface area contributed by atoms with Gasteiger partial charge in [0, 0.05) is 15.3 Å². The van der Waals surface area contributed by atoms with Crippen LogP contribution in [0.2, 0.25) is 5.02 Å². The van der Waals surface area contributed by atoms with Gasteiger partial charge in [0.05, 0.1) is 12.1 Å². The summed E-state index contributed by atoms with van der Waals surface area (Å²) >= 11 is 8.10. The van der Waals surface area contributed by atoms with Crippen LogP contribution in [-0.4, -0.2) is 18.0 Å². The van der Waals surface area contributed by atoms with E-state index in [4.69, 9.17) is 16.3 Å². The molecule has 0 spiro atoms. The molecule has 98 valence electrons. The molecule has 0 unspecified atom stereocenters. The lowest BCUT2D eigenvalue weighted by Gasteiger charge is -2.09. The molecule has 1 heterocycles. The summed E-state index contributed by atoms with van der Waals surface area (Å²) in [5, 5.41) is 3.28. The lowest BCUT2D eigenvalue weighted by atomic mass is 10.2. The number of carbonyl (C=O) groups excluding carboxylic acids is 1. The molecule has 0 saturated heterocycles. The number of halogens is 2. The number of methoxy groups -OCH3 is 1. The number of hydrogen-bond donors (Lipinski definition) is 1. The zero-order valence-electron chi connectivity index (χ0n) is 9.98. The minimum atomic E-state index is -0.260. The number of aromatic nitrogens is 1. The lowest BCUT2D eigenvalue weighted by molar-refractivity contribution is 0.102. The Balaban J connectivity index is 2.23. The van der Waals surface area contributed by atoms with Gasteiger partial charge in [0.1, 0.15) is 5.69 Å². The molecule has 0 aliphatic rings. The second kappa shape index (κ2) is 6.21. The first-order valence-corrected chi connectivity index (χ1v) is 6.83. The number of nitrogens with one attached hydrogen (secondary N) is 1. The molecule has 19 heavy (non-hydrogen) atoms. The van der Waals surface area contributed by atoms with E-state index in [-0.39, 0.29) is 5.91 Å². The highest BCUT2D eigenvalue weighted by atomic mass is 127. The summed E-state index contributed by atoms with van der Waals surface area (Å²) in [5.41, 5.74) is 1.00. The van der Waals surface area contributed by atoms with E-state index in [2.05, 4.69) is 32.9 Å². The van der Waals surface area contributed by atoms with Crippen LogP contribution in [0.3, 0.4) is 0 Å². The van der Waals surface area contributed by atoms with Gasteiger partial charge in [0.25, 0.3) is 5.91 Å². The van der Waals surface area contributed by atoms with Crippen LogP contribution in [0.25, 0.3) is 0 Å². The van der Waals surface area contributed by atoms with Gasteiger partial charge in [-0.15, -0.1) is 0 Å². The maximum Gasteiger partial charge on any atom is 0.255 e. The van der Waals surface area contributed by atoms with E-state index in [9.17, 15) is 4.79 Å². The first-order chi connectivity index (χ1) is 9.11. The van der Waals surface area contributed by atoms with Crippen molar-refractivity contribution in [3.63, 3.8) is 0 Å². The van der Waals surface area contributed by atoms with Gasteiger partial charge in [0.2, 0.25) is 5.88 Å². The number of ether oxygens (including phenoxy) is 1. The van der Waals surface area contributed by atoms with Gasteiger partial charge in [-0.1, -0.05) is 11.6 Å². The molecule has 1 aromatic carbocycles. The fourth-order valence-electron chi connectivity index (χ4n) is 1.48. The predicted molar refractivity (Wildman–Crippen MR) is 82.9 cm³/mol. The molecule has 0 fully saturated rings. The number of amides is 1. The standard InChI is InChI=1S/C13H10ClIN2O2/c1-19-13-11(3-2-6-16-13)17-12(18)8-4-5-10(15)9(14)7-8/h2-7H,1H3,(H,17,18). The Hall–Kier alpha value is -1.34. The second-order valence-electron chi connectivity index (χ2n) is 3.64. The average molecular weight is 389 g/mol. The molecule has 2 rings (SSSR count). The molecule has 0 radical (unpaired) electrons. The summed E-state index contributed by atoms with van der Waals surface area (Å²) in [4.78, 5) is 16.1.